The van der Waals surface area contributed by atoms with Crippen LogP contribution in [0.2, 0.25) is 0 Å². The molecule has 29 heavy (non-hydrogen) atoms. The van der Waals surface area contributed by atoms with E-state index in [4.69, 9.17) is 0 Å². The van der Waals surface area contributed by atoms with Gasteiger partial charge in [0.1, 0.15) is 0 Å². The minimum atomic E-state index is -1.10. The highest BCUT2D eigenvalue weighted by Crippen LogP contribution is 2.24. The largest absolute Gasteiger partial charge is 0.549 e. The third kappa shape index (κ3) is 11.6. The van der Waals surface area contributed by atoms with Gasteiger partial charge in [-0.2, -0.15) is 0 Å². The normalized spacial score (nSPS) is 12.0. The Morgan fingerprint density at radius 1 is 0.793 bits per heavy atom. The Balaban J connectivity index is 2.07. The molecule has 0 aliphatic rings. The van der Waals surface area contributed by atoms with E-state index >= 15 is 0 Å². The molecule has 0 saturated carbocycles. The average molecular weight is 405 g/mol. The summed E-state index contributed by atoms with van der Waals surface area (Å²) in [6.45, 7) is 2.25. The van der Waals surface area contributed by atoms with E-state index in [0.717, 1.165) is 19.3 Å². The molecule has 5 nitrogen and oxygen atoms in total. The standard InChI is InChI=1S/C24H39NO4/c1-2-3-4-5-6-7-8-9-10-11-12-13-14-15-16-23(24(26)27)21-17-19-22(20-18-21)25(28)29/h17-20,23H,2-16H2,1H3,(H,26,27)/p-1. The summed E-state index contributed by atoms with van der Waals surface area (Å²) >= 11 is 0. The van der Waals surface area contributed by atoms with Crippen molar-refractivity contribution in [1.82, 2.24) is 0 Å². The smallest absolute Gasteiger partial charge is 0.269 e. The topological polar surface area (TPSA) is 83.3 Å². The summed E-state index contributed by atoms with van der Waals surface area (Å²) in [5.41, 5.74) is 0.563. The summed E-state index contributed by atoms with van der Waals surface area (Å²) in [5.74, 6) is -1.79. The predicted octanol–water partition coefficient (Wildman–Crippen LogP) is 6.30. The first-order valence-electron chi connectivity index (χ1n) is 11.5. The van der Waals surface area contributed by atoms with Crippen molar-refractivity contribution in [3.63, 3.8) is 0 Å². The van der Waals surface area contributed by atoms with Crippen LogP contribution in [0, 0.1) is 10.1 Å². The predicted molar refractivity (Wildman–Crippen MR) is 116 cm³/mol. The molecular weight excluding hydrogens is 366 g/mol. The van der Waals surface area contributed by atoms with Gasteiger partial charge in [0.25, 0.3) is 5.69 Å². The fourth-order valence-corrected chi connectivity index (χ4v) is 3.79. The molecular formula is C24H38NO4-. The summed E-state index contributed by atoms with van der Waals surface area (Å²) in [5, 5.41) is 22.2. The molecule has 0 aromatic heterocycles. The fraction of sp³-hybridized carbons (Fsp3) is 0.708. The molecule has 5 heteroatoms. The second-order valence-corrected chi connectivity index (χ2v) is 8.11. The van der Waals surface area contributed by atoms with E-state index in [0.29, 0.717) is 12.0 Å². The number of nitrogens with zero attached hydrogens (tertiary/aromatic N) is 1. The lowest BCUT2D eigenvalue weighted by Gasteiger charge is -2.18. The quantitative estimate of drug-likeness (QED) is 0.163. The van der Waals surface area contributed by atoms with Gasteiger partial charge in [-0.15, -0.1) is 0 Å². The van der Waals surface area contributed by atoms with E-state index in [2.05, 4.69) is 6.92 Å². The van der Waals surface area contributed by atoms with Crippen molar-refractivity contribution in [2.24, 2.45) is 0 Å². The first-order valence-corrected chi connectivity index (χ1v) is 11.5. The van der Waals surface area contributed by atoms with Crippen LogP contribution < -0.4 is 5.11 Å². The van der Waals surface area contributed by atoms with Gasteiger partial charge in [-0.1, -0.05) is 109 Å². The number of rotatable bonds is 18. The highest BCUT2D eigenvalue weighted by atomic mass is 16.6. The van der Waals surface area contributed by atoms with Crippen molar-refractivity contribution in [3.8, 4) is 0 Å². The first-order chi connectivity index (χ1) is 14.1. The molecule has 1 atom stereocenters. The Morgan fingerprint density at radius 3 is 1.59 bits per heavy atom. The number of carbonyl (C=O) groups is 1. The van der Waals surface area contributed by atoms with Gasteiger partial charge in [-0.05, 0) is 12.0 Å². The maximum absolute atomic E-state index is 11.4. The third-order valence-electron chi connectivity index (χ3n) is 5.64. The number of carboxylic acids is 1. The maximum atomic E-state index is 11.4. The second kappa shape index (κ2) is 15.9. The highest BCUT2D eigenvalue weighted by molar-refractivity contribution is 5.74. The van der Waals surface area contributed by atoms with Gasteiger partial charge in [-0.25, -0.2) is 0 Å². The summed E-state index contributed by atoms with van der Waals surface area (Å²) in [4.78, 5) is 21.7. The summed E-state index contributed by atoms with van der Waals surface area (Å²) < 4.78 is 0. The van der Waals surface area contributed by atoms with Crippen molar-refractivity contribution >= 4 is 11.7 Å². The van der Waals surface area contributed by atoms with Crippen LogP contribution in [0.15, 0.2) is 24.3 Å². The van der Waals surface area contributed by atoms with Crippen LogP contribution in [0.3, 0.4) is 0 Å². The first kappa shape index (κ1) is 25.1. The SMILES string of the molecule is CCCCCCCCCCCCCCCCC(C(=O)[O-])c1ccc([N+](=O)[O-])cc1. The number of non-ortho nitro benzene ring substituents is 1. The maximum Gasteiger partial charge on any atom is 0.269 e. The average Bonchev–Trinajstić information content (AvgIpc) is 2.71. The number of unbranched alkanes of at least 4 members (excludes halogenated alkanes) is 13. The van der Waals surface area contributed by atoms with E-state index < -0.39 is 16.8 Å². The van der Waals surface area contributed by atoms with Gasteiger partial charge in [0.15, 0.2) is 0 Å². The number of nitro benzene ring substituents is 1. The van der Waals surface area contributed by atoms with Gasteiger partial charge in [0.2, 0.25) is 0 Å². The summed E-state index contributed by atoms with van der Waals surface area (Å²) in [6.07, 6.45) is 18.2. The van der Waals surface area contributed by atoms with Crippen molar-refractivity contribution in [3.05, 3.63) is 39.9 Å². The Bertz CT molecular complexity index is 571. The van der Waals surface area contributed by atoms with Gasteiger partial charge in [0.05, 0.1) is 4.92 Å². The molecule has 0 aliphatic carbocycles. The zero-order chi connectivity index (χ0) is 21.3. The van der Waals surface area contributed by atoms with Crippen LogP contribution in [0.1, 0.15) is 115 Å². The van der Waals surface area contributed by atoms with E-state index in [1.807, 2.05) is 0 Å². The number of benzene rings is 1. The molecule has 1 unspecified atom stereocenters. The van der Waals surface area contributed by atoms with Gasteiger partial charge in [-0.3, -0.25) is 10.1 Å². The van der Waals surface area contributed by atoms with Gasteiger partial charge < -0.3 is 9.90 Å². The number of carbonyl (C=O) groups excluding carboxylic acids is 1. The molecule has 0 heterocycles. The Kier molecular flexibility index (Phi) is 13.8. The summed E-state index contributed by atoms with van der Waals surface area (Å²) in [7, 11) is 0. The van der Waals surface area contributed by atoms with E-state index in [1.165, 1.54) is 94.9 Å². The molecule has 1 aromatic carbocycles. The highest BCUT2D eigenvalue weighted by Gasteiger charge is 2.14. The second-order valence-electron chi connectivity index (χ2n) is 8.11. The molecule has 0 N–H and O–H groups in total. The molecule has 0 aliphatic heterocycles. The number of aliphatic carboxylic acids is 1. The van der Waals surface area contributed by atoms with Crippen LogP contribution in [-0.2, 0) is 4.79 Å². The van der Waals surface area contributed by atoms with Crippen LogP contribution in [0.5, 0.6) is 0 Å². The van der Waals surface area contributed by atoms with Crippen molar-refractivity contribution in [1.29, 1.82) is 0 Å². The van der Waals surface area contributed by atoms with E-state index in [-0.39, 0.29) is 5.69 Å². The van der Waals surface area contributed by atoms with Crippen molar-refractivity contribution < 1.29 is 14.8 Å². The lowest BCUT2D eigenvalue weighted by atomic mass is 9.92. The van der Waals surface area contributed by atoms with Crippen LogP contribution in [-0.4, -0.2) is 10.9 Å². The molecule has 0 spiro atoms. The zero-order valence-corrected chi connectivity index (χ0v) is 18.1. The Morgan fingerprint density at radius 2 is 1.21 bits per heavy atom. The zero-order valence-electron chi connectivity index (χ0n) is 18.1. The fourth-order valence-electron chi connectivity index (χ4n) is 3.79. The minimum Gasteiger partial charge on any atom is -0.549 e. The van der Waals surface area contributed by atoms with Crippen molar-refractivity contribution in [2.45, 2.75) is 109 Å². The van der Waals surface area contributed by atoms with E-state index in [9.17, 15) is 20.0 Å². The van der Waals surface area contributed by atoms with Crippen LogP contribution in [0.4, 0.5) is 5.69 Å². The number of hydrogen-bond acceptors (Lipinski definition) is 4. The van der Waals surface area contributed by atoms with Crippen LogP contribution in [0.25, 0.3) is 0 Å². The molecule has 0 bridgehead atoms. The van der Waals surface area contributed by atoms with Gasteiger partial charge in [0, 0.05) is 24.0 Å². The number of hydrogen-bond donors (Lipinski definition) is 0. The molecule has 0 saturated heterocycles. The monoisotopic (exact) mass is 404 g/mol. The van der Waals surface area contributed by atoms with Crippen molar-refractivity contribution in [2.75, 3.05) is 0 Å². The molecule has 0 amide bonds. The Hall–Kier alpha value is -1.91. The third-order valence-corrected chi connectivity index (χ3v) is 5.64. The lowest BCUT2D eigenvalue weighted by Crippen LogP contribution is -2.29. The van der Waals surface area contributed by atoms with Crippen LogP contribution >= 0.6 is 0 Å². The molecule has 164 valence electrons. The van der Waals surface area contributed by atoms with E-state index in [1.54, 1.807) is 0 Å². The molecule has 1 aromatic rings. The molecule has 0 radical (unpaired) electrons. The van der Waals surface area contributed by atoms with Gasteiger partial charge >= 0.3 is 0 Å². The number of carboxylic acid groups (broad SMARTS) is 1. The number of nitro groups is 1. The minimum absolute atomic E-state index is 0.0256. The lowest BCUT2D eigenvalue weighted by molar-refractivity contribution is -0.384. The summed E-state index contributed by atoms with van der Waals surface area (Å²) in [6, 6.07) is 5.78. The molecule has 1 rings (SSSR count). The molecule has 0 fully saturated rings. The Labute approximate surface area is 176 Å².